The van der Waals surface area contributed by atoms with Gasteiger partial charge >= 0.3 is 0 Å². The van der Waals surface area contributed by atoms with Crippen LogP contribution in [0.25, 0.3) is 38.8 Å². The van der Waals surface area contributed by atoms with Gasteiger partial charge in [-0.1, -0.05) is 29.8 Å². The number of nitrogens with two attached hydrogens (primary N) is 1. The lowest BCUT2D eigenvalue weighted by molar-refractivity contribution is 0.215. The first-order chi connectivity index (χ1) is 20.7. The van der Waals surface area contributed by atoms with E-state index in [0.29, 0.717) is 16.6 Å². The quantitative estimate of drug-likeness (QED) is 0.252. The Morgan fingerprint density at radius 3 is 2.49 bits per heavy atom. The Morgan fingerprint density at radius 1 is 0.907 bits per heavy atom. The van der Waals surface area contributed by atoms with Crippen molar-refractivity contribution in [1.29, 1.82) is 0 Å². The summed E-state index contributed by atoms with van der Waals surface area (Å²) in [6.07, 6.45) is 3.22. The fourth-order valence-electron chi connectivity index (χ4n) is 5.32. The Bertz CT molecular complexity index is 2250. The van der Waals surface area contributed by atoms with Crippen LogP contribution >= 0.6 is 0 Å². The first-order valence-corrected chi connectivity index (χ1v) is 14.9. The lowest BCUT2D eigenvalue weighted by Crippen LogP contribution is -2.18. The maximum Gasteiger partial charge on any atom is 0.268 e. The average Bonchev–Trinajstić information content (AvgIpc) is 3.70. The van der Waals surface area contributed by atoms with Crippen molar-refractivity contribution in [2.24, 2.45) is 0 Å². The van der Waals surface area contributed by atoms with Gasteiger partial charge in [0, 0.05) is 16.5 Å². The van der Waals surface area contributed by atoms with Gasteiger partial charge in [0.1, 0.15) is 17.7 Å². The summed E-state index contributed by atoms with van der Waals surface area (Å²) in [6.45, 7) is 3.76. The number of aryl methyl sites for hydroxylation is 2. The highest BCUT2D eigenvalue weighted by atomic mass is 32.2. The van der Waals surface area contributed by atoms with E-state index >= 15 is 0 Å². The lowest BCUT2D eigenvalue weighted by atomic mass is 10.1. The molecule has 0 saturated carbocycles. The molecule has 7 aromatic rings. The van der Waals surface area contributed by atoms with E-state index in [4.69, 9.17) is 5.73 Å². The summed E-state index contributed by atoms with van der Waals surface area (Å²) in [5.41, 5.74) is 12.1. The molecule has 0 aliphatic rings. The summed E-state index contributed by atoms with van der Waals surface area (Å²) in [5, 5.41) is 24.6. The van der Waals surface area contributed by atoms with Gasteiger partial charge in [-0.25, -0.2) is 22.1 Å². The standard InChI is InChI=1S/C31H26N8O3S/c1-18-3-8-24(9-4-18)43(41,42)39-28-13-20(22-11-12-33-34-16-22)5-6-21(28)14-29(39)30(40)25-17-35-38(31(25)32)23-7-10-26-27(15-23)37-19(2)36-26/h3-17,30,40H,32H2,1-2H3,(H,36,37). The fraction of sp³-hybridized carbons (Fsp3) is 0.0968. The minimum atomic E-state index is -4.15. The van der Waals surface area contributed by atoms with Crippen molar-refractivity contribution in [3.8, 4) is 16.8 Å². The number of hydrogen-bond donors (Lipinski definition) is 3. The molecule has 0 spiro atoms. The Hall–Kier alpha value is -5.33. The van der Waals surface area contributed by atoms with E-state index in [0.717, 1.165) is 33.5 Å². The number of rotatable bonds is 6. The maximum atomic E-state index is 14.2. The van der Waals surface area contributed by atoms with Crippen LogP contribution in [0, 0.1) is 13.8 Å². The van der Waals surface area contributed by atoms with Crippen molar-refractivity contribution < 1.29 is 13.5 Å². The number of fused-ring (bicyclic) bond motifs is 2. The molecule has 43 heavy (non-hydrogen) atoms. The van der Waals surface area contributed by atoms with E-state index in [1.807, 2.05) is 44.2 Å². The molecular formula is C31H26N8O3S. The van der Waals surface area contributed by atoms with Crippen LogP contribution in [-0.4, -0.2) is 47.4 Å². The van der Waals surface area contributed by atoms with Crippen LogP contribution in [0.2, 0.25) is 0 Å². The van der Waals surface area contributed by atoms with E-state index in [2.05, 4.69) is 25.3 Å². The van der Waals surface area contributed by atoms with Gasteiger partial charge in [0.25, 0.3) is 10.0 Å². The third-order valence-electron chi connectivity index (χ3n) is 7.50. The van der Waals surface area contributed by atoms with E-state index in [-0.39, 0.29) is 22.0 Å². The first kappa shape index (κ1) is 26.6. The molecule has 0 radical (unpaired) electrons. The maximum absolute atomic E-state index is 14.2. The largest absolute Gasteiger partial charge is 0.383 e. The van der Waals surface area contributed by atoms with Crippen LogP contribution in [0.5, 0.6) is 0 Å². The molecule has 11 nitrogen and oxygen atoms in total. The number of imidazole rings is 1. The van der Waals surface area contributed by atoms with Crippen LogP contribution in [-0.2, 0) is 10.0 Å². The van der Waals surface area contributed by atoms with E-state index in [1.54, 1.807) is 54.9 Å². The minimum absolute atomic E-state index is 0.0897. The summed E-state index contributed by atoms with van der Waals surface area (Å²) in [7, 11) is -4.15. The molecule has 0 saturated heterocycles. The number of aliphatic hydroxyl groups is 1. The number of nitrogens with one attached hydrogen (secondary N) is 1. The zero-order valence-corrected chi connectivity index (χ0v) is 24.0. The third-order valence-corrected chi connectivity index (χ3v) is 9.26. The van der Waals surface area contributed by atoms with Gasteiger partial charge in [-0.15, -0.1) is 0 Å². The highest BCUT2D eigenvalue weighted by Gasteiger charge is 2.29. The number of nitrogen functional groups attached to an aromatic ring is 1. The summed E-state index contributed by atoms with van der Waals surface area (Å²) in [5.74, 6) is 0.957. The second-order valence-electron chi connectivity index (χ2n) is 10.4. The number of nitrogens with zero attached hydrogens (tertiary/aromatic N) is 6. The highest BCUT2D eigenvalue weighted by molar-refractivity contribution is 7.90. The van der Waals surface area contributed by atoms with Crippen LogP contribution in [0.1, 0.15) is 28.7 Å². The number of H-pyrrole nitrogens is 1. The molecule has 0 bridgehead atoms. The van der Waals surface area contributed by atoms with Gasteiger partial charge in [-0.05, 0) is 67.9 Å². The second kappa shape index (κ2) is 9.89. The molecule has 12 heteroatoms. The van der Waals surface area contributed by atoms with Gasteiger partial charge in [0.15, 0.2) is 0 Å². The molecule has 1 atom stereocenters. The molecule has 0 aliphatic carbocycles. The number of benzene rings is 3. The molecule has 4 N–H and O–H groups in total. The minimum Gasteiger partial charge on any atom is -0.383 e. The summed E-state index contributed by atoms with van der Waals surface area (Å²) >= 11 is 0. The number of aliphatic hydroxyl groups excluding tert-OH is 1. The highest BCUT2D eigenvalue weighted by Crippen LogP contribution is 2.36. The van der Waals surface area contributed by atoms with E-state index in [9.17, 15) is 13.5 Å². The Balaban J connectivity index is 1.40. The predicted octanol–water partition coefficient (Wildman–Crippen LogP) is 4.68. The Kier molecular flexibility index (Phi) is 6.11. The second-order valence-corrected chi connectivity index (χ2v) is 12.2. The summed E-state index contributed by atoms with van der Waals surface area (Å²) in [6, 6.07) is 21.1. The van der Waals surface area contributed by atoms with Crippen molar-refractivity contribution in [3.05, 3.63) is 114 Å². The Labute approximate surface area is 246 Å². The zero-order valence-electron chi connectivity index (χ0n) is 23.2. The van der Waals surface area contributed by atoms with Crippen LogP contribution in [0.15, 0.2) is 96.3 Å². The molecule has 4 aromatic heterocycles. The molecule has 4 heterocycles. The van der Waals surface area contributed by atoms with Gasteiger partial charge in [0.2, 0.25) is 0 Å². The predicted molar refractivity (Wildman–Crippen MR) is 163 cm³/mol. The molecule has 0 fully saturated rings. The molecule has 214 valence electrons. The number of hydrogen-bond acceptors (Lipinski definition) is 8. The molecular weight excluding hydrogens is 564 g/mol. The van der Waals surface area contributed by atoms with E-state index in [1.165, 1.54) is 14.9 Å². The average molecular weight is 591 g/mol. The van der Waals surface area contributed by atoms with Crippen molar-refractivity contribution in [1.82, 2.24) is 33.9 Å². The van der Waals surface area contributed by atoms with Gasteiger partial charge in [-0.2, -0.15) is 15.3 Å². The van der Waals surface area contributed by atoms with Gasteiger partial charge in [0.05, 0.1) is 51.4 Å². The van der Waals surface area contributed by atoms with Crippen LogP contribution in [0.4, 0.5) is 5.82 Å². The fourth-order valence-corrected chi connectivity index (χ4v) is 6.85. The third kappa shape index (κ3) is 4.44. The van der Waals surface area contributed by atoms with Crippen LogP contribution < -0.4 is 5.73 Å². The summed E-state index contributed by atoms with van der Waals surface area (Å²) in [4.78, 5) is 7.72. The van der Waals surface area contributed by atoms with Crippen LogP contribution in [0.3, 0.4) is 0 Å². The van der Waals surface area contributed by atoms with Crippen molar-refractivity contribution in [2.45, 2.75) is 24.8 Å². The molecule has 0 amide bonds. The molecule has 3 aromatic carbocycles. The normalized spacial score (nSPS) is 12.7. The van der Waals surface area contributed by atoms with Gasteiger partial charge < -0.3 is 15.8 Å². The SMILES string of the molecule is Cc1ccc(S(=O)(=O)n2c(C(O)c3cnn(-c4ccc5nc(C)[nH]c5c4)c3N)cc3ccc(-c4ccnnc4)cc32)cc1. The number of aromatic nitrogens is 7. The number of aromatic amines is 1. The Morgan fingerprint density at radius 2 is 1.72 bits per heavy atom. The molecule has 0 aliphatic heterocycles. The molecule has 7 rings (SSSR count). The first-order valence-electron chi connectivity index (χ1n) is 13.4. The summed E-state index contributed by atoms with van der Waals surface area (Å²) < 4.78 is 31.2. The van der Waals surface area contributed by atoms with Crippen molar-refractivity contribution in [2.75, 3.05) is 5.73 Å². The van der Waals surface area contributed by atoms with E-state index < -0.39 is 16.1 Å². The monoisotopic (exact) mass is 590 g/mol. The van der Waals surface area contributed by atoms with Crippen molar-refractivity contribution in [3.63, 3.8) is 0 Å². The number of anilines is 1. The smallest absolute Gasteiger partial charge is 0.268 e. The zero-order chi connectivity index (χ0) is 29.9. The topological polar surface area (TPSA) is 158 Å². The lowest BCUT2D eigenvalue weighted by Gasteiger charge is -2.17. The van der Waals surface area contributed by atoms with Gasteiger partial charge in [-0.3, -0.25) is 0 Å². The van der Waals surface area contributed by atoms with Crippen molar-refractivity contribution >= 4 is 37.8 Å². The molecule has 1 unspecified atom stereocenters.